The Morgan fingerprint density at radius 3 is 2.40 bits per heavy atom. The number of nitrogens with two attached hydrogens (primary N) is 1. The summed E-state index contributed by atoms with van der Waals surface area (Å²) in [4.78, 5) is 17.6. The Balaban J connectivity index is 2.13. The zero-order valence-corrected chi connectivity index (χ0v) is 10.7. The molecular formula is C16H13N3O. The van der Waals surface area contributed by atoms with Gasteiger partial charge in [-0.25, -0.2) is 4.79 Å². The minimum absolute atomic E-state index is 0.534. The minimum atomic E-state index is -0.534. The summed E-state index contributed by atoms with van der Waals surface area (Å²) >= 11 is 0. The maximum absolute atomic E-state index is 11.8. The Morgan fingerprint density at radius 1 is 0.950 bits per heavy atom. The smallest absolute Gasteiger partial charge is 0.323 e. The molecule has 4 nitrogen and oxygen atoms in total. The van der Waals surface area contributed by atoms with E-state index in [4.69, 9.17) is 5.73 Å². The van der Waals surface area contributed by atoms with E-state index in [2.05, 4.69) is 4.98 Å². The minimum Gasteiger partial charge on any atom is -0.351 e. The fourth-order valence-electron chi connectivity index (χ4n) is 2.16. The van der Waals surface area contributed by atoms with Gasteiger partial charge in [-0.15, -0.1) is 0 Å². The molecule has 20 heavy (non-hydrogen) atoms. The van der Waals surface area contributed by atoms with Crippen LogP contribution in [0.2, 0.25) is 0 Å². The summed E-state index contributed by atoms with van der Waals surface area (Å²) in [5, 5.41) is 0.965. The van der Waals surface area contributed by atoms with Crippen molar-refractivity contribution in [2.45, 2.75) is 0 Å². The van der Waals surface area contributed by atoms with Crippen LogP contribution in [0.15, 0.2) is 66.9 Å². The maximum Gasteiger partial charge on any atom is 0.323 e. The van der Waals surface area contributed by atoms with Crippen molar-refractivity contribution in [2.75, 3.05) is 4.90 Å². The van der Waals surface area contributed by atoms with Crippen LogP contribution in [0.3, 0.4) is 0 Å². The molecule has 1 heterocycles. The lowest BCUT2D eigenvalue weighted by Gasteiger charge is -2.20. The summed E-state index contributed by atoms with van der Waals surface area (Å²) in [6.07, 6.45) is 1.65. The van der Waals surface area contributed by atoms with E-state index in [0.717, 1.165) is 16.6 Å². The van der Waals surface area contributed by atoms with Crippen LogP contribution in [0.4, 0.5) is 16.2 Å². The lowest BCUT2D eigenvalue weighted by molar-refractivity contribution is 0.256. The zero-order chi connectivity index (χ0) is 13.9. The fraction of sp³-hybridized carbons (Fsp3) is 0. The number of fused-ring (bicyclic) bond motifs is 1. The second-order valence-corrected chi connectivity index (χ2v) is 4.40. The third kappa shape index (κ3) is 2.19. The topological polar surface area (TPSA) is 59.2 Å². The number of nitrogens with zero attached hydrogens (tertiary/aromatic N) is 2. The first-order chi connectivity index (χ1) is 9.75. The van der Waals surface area contributed by atoms with Crippen LogP contribution < -0.4 is 10.6 Å². The summed E-state index contributed by atoms with van der Waals surface area (Å²) in [6.45, 7) is 0. The molecule has 3 rings (SSSR count). The van der Waals surface area contributed by atoms with Gasteiger partial charge in [0.2, 0.25) is 0 Å². The molecule has 2 N–H and O–H groups in total. The number of carbonyl (C=O) groups excluding carboxylic acids is 1. The normalized spacial score (nSPS) is 10.4. The molecule has 2 amide bonds. The van der Waals surface area contributed by atoms with Crippen LogP contribution >= 0.6 is 0 Å². The molecule has 98 valence electrons. The Bertz CT molecular complexity index is 756. The lowest BCUT2D eigenvalue weighted by atomic mass is 10.2. The highest BCUT2D eigenvalue weighted by molar-refractivity contribution is 5.99. The number of pyridine rings is 1. The number of amides is 2. The third-order valence-corrected chi connectivity index (χ3v) is 3.07. The van der Waals surface area contributed by atoms with Gasteiger partial charge in [-0.05, 0) is 24.3 Å². The molecule has 0 bridgehead atoms. The van der Waals surface area contributed by atoms with Crippen LogP contribution in [0, 0.1) is 0 Å². The van der Waals surface area contributed by atoms with Crippen molar-refractivity contribution in [3.05, 3.63) is 66.9 Å². The number of benzene rings is 2. The van der Waals surface area contributed by atoms with Gasteiger partial charge in [0, 0.05) is 5.39 Å². The van der Waals surface area contributed by atoms with E-state index in [-0.39, 0.29) is 0 Å². The number of para-hydroxylation sites is 2. The van der Waals surface area contributed by atoms with E-state index in [9.17, 15) is 4.79 Å². The Morgan fingerprint density at radius 2 is 1.65 bits per heavy atom. The van der Waals surface area contributed by atoms with Crippen molar-refractivity contribution >= 4 is 28.3 Å². The van der Waals surface area contributed by atoms with Gasteiger partial charge in [0.05, 0.1) is 23.1 Å². The largest absolute Gasteiger partial charge is 0.351 e. The van der Waals surface area contributed by atoms with E-state index in [1.54, 1.807) is 6.20 Å². The van der Waals surface area contributed by atoms with E-state index < -0.39 is 6.03 Å². The van der Waals surface area contributed by atoms with Crippen molar-refractivity contribution < 1.29 is 4.79 Å². The van der Waals surface area contributed by atoms with E-state index in [1.807, 2.05) is 60.7 Å². The summed E-state index contributed by atoms with van der Waals surface area (Å²) in [6, 6.07) is 18.4. The Kier molecular flexibility index (Phi) is 3.05. The van der Waals surface area contributed by atoms with Crippen LogP contribution in [0.1, 0.15) is 0 Å². The van der Waals surface area contributed by atoms with Gasteiger partial charge in [0.25, 0.3) is 0 Å². The van der Waals surface area contributed by atoms with Gasteiger partial charge in [-0.3, -0.25) is 9.88 Å². The SMILES string of the molecule is NC(=O)N(c1ccccc1)c1cnc2ccccc2c1. The standard InChI is InChI=1S/C16H13N3O/c17-16(20)19(13-7-2-1-3-8-13)14-10-12-6-4-5-9-15(12)18-11-14/h1-11H,(H2,17,20). The molecule has 0 aliphatic heterocycles. The van der Waals surface area contributed by atoms with Crippen LogP contribution in [0.25, 0.3) is 10.9 Å². The molecular weight excluding hydrogens is 250 g/mol. The van der Waals surface area contributed by atoms with Crippen molar-refractivity contribution in [1.82, 2.24) is 4.98 Å². The number of hydrogen-bond donors (Lipinski definition) is 1. The molecule has 0 saturated carbocycles. The Hall–Kier alpha value is -2.88. The third-order valence-electron chi connectivity index (χ3n) is 3.07. The maximum atomic E-state index is 11.8. The Labute approximate surface area is 116 Å². The van der Waals surface area contributed by atoms with Crippen LogP contribution in [-0.2, 0) is 0 Å². The monoisotopic (exact) mass is 263 g/mol. The molecule has 1 aromatic heterocycles. The summed E-state index contributed by atoms with van der Waals surface area (Å²) in [5.74, 6) is 0. The summed E-state index contributed by atoms with van der Waals surface area (Å²) in [5.41, 5.74) is 7.76. The summed E-state index contributed by atoms with van der Waals surface area (Å²) in [7, 11) is 0. The molecule has 0 aliphatic carbocycles. The second-order valence-electron chi connectivity index (χ2n) is 4.40. The van der Waals surface area contributed by atoms with E-state index >= 15 is 0 Å². The van der Waals surface area contributed by atoms with Crippen molar-refractivity contribution in [3.63, 3.8) is 0 Å². The van der Waals surface area contributed by atoms with Crippen LogP contribution in [0.5, 0.6) is 0 Å². The first-order valence-electron chi connectivity index (χ1n) is 6.25. The number of urea groups is 1. The second kappa shape index (κ2) is 5.01. The molecule has 0 unspecified atom stereocenters. The van der Waals surface area contributed by atoms with Crippen molar-refractivity contribution in [3.8, 4) is 0 Å². The zero-order valence-electron chi connectivity index (χ0n) is 10.7. The van der Waals surface area contributed by atoms with Crippen molar-refractivity contribution in [2.24, 2.45) is 5.73 Å². The highest BCUT2D eigenvalue weighted by Gasteiger charge is 2.15. The van der Waals surface area contributed by atoms with Crippen LogP contribution in [-0.4, -0.2) is 11.0 Å². The number of hydrogen-bond acceptors (Lipinski definition) is 2. The molecule has 0 saturated heterocycles. The lowest BCUT2D eigenvalue weighted by Crippen LogP contribution is -2.31. The first kappa shape index (κ1) is 12.2. The summed E-state index contributed by atoms with van der Waals surface area (Å²) < 4.78 is 0. The number of rotatable bonds is 2. The van der Waals surface area contributed by atoms with Gasteiger partial charge in [0.1, 0.15) is 0 Å². The number of aromatic nitrogens is 1. The average Bonchev–Trinajstić information content (AvgIpc) is 2.48. The number of anilines is 2. The molecule has 0 atom stereocenters. The molecule has 0 fully saturated rings. The molecule has 2 aromatic carbocycles. The molecule has 3 aromatic rings. The van der Waals surface area contributed by atoms with Gasteiger partial charge in [-0.2, -0.15) is 0 Å². The fourth-order valence-corrected chi connectivity index (χ4v) is 2.16. The molecule has 0 aliphatic rings. The molecule has 0 radical (unpaired) electrons. The van der Waals surface area contributed by atoms with E-state index in [0.29, 0.717) is 5.69 Å². The van der Waals surface area contributed by atoms with Gasteiger partial charge in [-0.1, -0.05) is 36.4 Å². The average molecular weight is 263 g/mol. The first-order valence-corrected chi connectivity index (χ1v) is 6.25. The predicted molar refractivity (Wildman–Crippen MR) is 79.9 cm³/mol. The number of primary amides is 1. The van der Waals surface area contributed by atoms with Gasteiger partial charge in [0.15, 0.2) is 0 Å². The van der Waals surface area contributed by atoms with Gasteiger partial charge >= 0.3 is 6.03 Å². The predicted octanol–water partition coefficient (Wildman–Crippen LogP) is 3.45. The highest BCUT2D eigenvalue weighted by atomic mass is 16.2. The van der Waals surface area contributed by atoms with Gasteiger partial charge < -0.3 is 5.73 Å². The van der Waals surface area contributed by atoms with Crippen molar-refractivity contribution in [1.29, 1.82) is 0 Å². The quantitative estimate of drug-likeness (QED) is 0.769. The molecule has 4 heteroatoms. The number of carbonyl (C=O) groups is 1. The van der Waals surface area contributed by atoms with E-state index in [1.165, 1.54) is 4.90 Å². The molecule has 0 spiro atoms. The highest BCUT2D eigenvalue weighted by Crippen LogP contribution is 2.26.